The molecule has 0 aliphatic carbocycles. The van der Waals surface area contributed by atoms with E-state index in [1.165, 1.54) is 0 Å². The number of carboxylic acid groups (broad SMARTS) is 2. The number of aliphatic carboxylic acids is 2. The number of nitrogens with two attached hydrogens (primary N) is 2. The van der Waals surface area contributed by atoms with Crippen LogP contribution < -0.4 is 27.4 Å². The summed E-state index contributed by atoms with van der Waals surface area (Å²) in [6.45, 7) is -1.50. The van der Waals surface area contributed by atoms with Crippen LogP contribution in [0, 0.1) is 0 Å². The molecule has 0 saturated heterocycles. The van der Waals surface area contributed by atoms with Gasteiger partial charge in [0.15, 0.2) is 0 Å². The number of aliphatic hydroxyl groups is 1. The van der Waals surface area contributed by atoms with Crippen molar-refractivity contribution in [3.63, 3.8) is 0 Å². The summed E-state index contributed by atoms with van der Waals surface area (Å²) in [4.78, 5) is 68.3. The van der Waals surface area contributed by atoms with Gasteiger partial charge in [-0.2, -0.15) is 0 Å². The highest BCUT2D eigenvalue weighted by molar-refractivity contribution is 5.96. The standard InChI is InChI=1S/C13H21N5O9/c14-3-9(21)16-6(2-10(22)23)12(25)17-5(1-8(15)20)11(24)18-7(4-19)13(26)27/h5-7,19H,1-4,14H2,(H2,15,20)(H,16,21)(H,17,25)(H,18,24)(H,22,23)(H,26,27). The number of carbonyl (C=O) groups is 6. The summed E-state index contributed by atoms with van der Waals surface area (Å²) < 4.78 is 0. The molecule has 0 aliphatic heterocycles. The molecule has 3 atom stereocenters. The highest BCUT2D eigenvalue weighted by Gasteiger charge is 2.31. The van der Waals surface area contributed by atoms with Gasteiger partial charge in [0.1, 0.15) is 18.1 Å². The van der Waals surface area contributed by atoms with E-state index in [0.29, 0.717) is 0 Å². The fourth-order valence-electron chi connectivity index (χ4n) is 1.78. The van der Waals surface area contributed by atoms with Gasteiger partial charge in [-0.05, 0) is 0 Å². The fraction of sp³-hybridized carbons (Fsp3) is 0.538. The van der Waals surface area contributed by atoms with Crippen LogP contribution in [0.15, 0.2) is 0 Å². The smallest absolute Gasteiger partial charge is 0.328 e. The van der Waals surface area contributed by atoms with Crippen LogP contribution in [-0.2, 0) is 28.8 Å². The maximum atomic E-state index is 12.2. The molecule has 0 radical (unpaired) electrons. The second kappa shape index (κ2) is 11.4. The summed E-state index contributed by atoms with van der Waals surface area (Å²) >= 11 is 0. The van der Waals surface area contributed by atoms with E-state index in [2.05, 4.69) is 0 Å². The molecule has 0 fully saturated rings. The Kier molecular flexibility index (Phi) is 10.0. The summed E-state index contributed by atoms with van der Waals surface area (Å²) in [5, 5.41) is 32.4. The van der Waals surface area contributed by atoms with Gasteiger partial charge in [0, 0.05) is 0 Å². The summed E-state index contributed by atoms with van der Waals surface area (Å²) in [6, 6.07) is -5.00. The van der Waals surface area contributed by atoms with Crippen molar-refractivity contribution >= 4 is 35.6 Å². The first-order valence-electron chi connectivity index (χ1n) is 7.45. The van der Waals surface area contributed by atoms with Gasteiger partial charge in [0.05, 0.1) is 26.0 Å². The monoisotopic (exact) mass is 391 g/mol. The van der Waals surface area contributed by atoms with Gasteiger partial charge in [-0.25, -0.2) is 4.79 Å². The maximum absolute atomic E-state index is 12.2. The van der Waals surface area contributed by atoms with E-state index in [1.807, 2.05) is 16.0 Å². The van der Waals surface area contributed by atoms with Crippen LogP contribution in [0.25, 0.3) is 0 Å². The van der Waals surface area contributed by atoms with Crippen molar-refractivity contribution in [1.82, 2.24) is 16.0 Å². The van der Waals surface area contributed by atoms with E-state index in [1.54, 1.807) is 0 Å². The maximum Gasteiger partial charge on any atom is 0.328 e. The minimum Gasteiger partial charge on any atom is -0.481 e. The average Bonchev–Trinajstić information content (AvgIpc) is 2.56. The lowest BCUT2D eigenvalue weighted by atomic mass is 10.1. The summed E-state index contributed by atoms with van der Waals surface area (Å²) in [6.07, 6.45) is -1.60. The Morgan fingerprint density at radius 1 is 0.815 bits per heavy atom. The number of hydrogen-bond donors (Lipinski definition) is 8. The summed E-state index contributed by atoms with van der Waals surface area (Å²) in [7, 11) is 0. The largest absolute Gasteiger partial charge is 0.481 e. The molecule has 0 aromatic heterocycles. The molecule has 4 amide bonds. The first kappa shape index (κ1) is 23.7. The molecule has 10 N–H and O–H groups in total. The predicted molar refractivity (Wildman–Crippen MR) is 85.6 cm³/mol. The van der Waals surface area contributed by atoms with E-state index >= 15 is 0 Å². The third kappa shape index (κ3) is 9.13. The van der Waals surface area contributed by atoms with Crippen molar-refractivity contribution in [3.8, 4) is 0 Å². The van der Waals surface area contributed by atoms with Crippen molar-refractivity contribution < 1.29 is 44.1 Å². The molecule has 14 nitrogen and oxygen atoms in total. The Morgan fingerprint density at radius 3 is 1.67 bits per heavy atom. The molecule has 0 bridgehead atoms. The van der Waals surface area contributed by atoms with Gasteiger partial charge < -0.3 is 42.7 Å². The lowest BCUT2D eigenvalue weighted by Gasteiger charge is -2.22. The molecule has 3 unspecified atom stereocenters. The number of carbonyl (C=O) groups excluding carboxylic acids is 4. The van der Waals surface area contributed by atoms with Crippen LogP contribution in [-0.4, -0.2) is 82.2 Å². The quantitative estimate of drug-likeness (QED) is 0.157. The Hall–Kier alpha value is -3.26. The highest BCUT2D eigenvalue weighted by atomic mass is 16.4. The molecular formula is C13H21N5O9. The van der Waals surface area contributed by atoms with Gasteiger partial charge >= 0.3 is 11.9 Å². The van der Waals surface area contributed by atoms with Crippen molar-refractivity contribution in [2.45, 2.75) is 31.0 Å². The third-order valence-corrected chi connectivity index (χ3v) is 3.05. The molecular weight excluding hydrogens is 370 g/mol. The molecule has 0 aromatic carbocycles. The van der Waals surface area contributed by atoms with Crippen LogP contribution >= 0.6 is 0 Å². The number of primary amides is 1. The van der Waals surface area contributed by atoms with Crippen LogP contribution in [0.4, 0.5) is 0 Å². The zero-order chi connectivity index (χ0) is 21.1. The van der Waals surface area contributed by atoms with Crippen LogP contribution in [0.5, 0.6) is 0 Å². The second-order valence-corrected chi connectivity index (χ2v) is 5.24. The molecule has 0 spiro atoms. The minimum atomic E-state index is -1.71. The first-order valence-corrected chi connectivity index (χ1v) is 7.45. The Balaban J connectivity index is 5.32. The molecule has 0 aliphatic rings. The zero-order valence-electron chi connectivity index (χ0n) is 14.0. The number of hydrogen-bond acceptors (Lipinski definition) is 8. The van der Waals surface area contributed by atoms with Crippen molar-refractivity contribution in [2.24, 2.45) is 11.5 Å². The van der Waals surface area contributed by atoms with Gasteiger partial charge in [-0.3, -0.25) is 24.0 Å². The first-order chi connectivity index (χ1) is 12.5. The molecule has 14 heteroatoms. The minimum absolute atomic E-state index is 0.536. The normalized spacial score (nSPS) is 13.6. The van der Waals surface area contributed by atoms with Gasteiger partial charge in [-0.15, -0.1) is 0 Å². The molecule has 0 aromatic rings. The lowest BCUT2D eigenvalue weighted by molar-refractivity contribution is -0.144. The van der Waals surface area contributed by atoms with E-state index < -0.39 is 79.7 Å². The van der Waals surface area contributed by atoms with E-state index in [0.717, 1.165) is 0 Å². The van der Waals surface area contributed by atoms with E-state index in [4.69, 9.17) is 26.8 Å². The van der Waals surface area contributed by atoms with Crippen LogP contribution in [0.2, 0.25) is 0 Å². The molecule has 152 valence electrons. The topological polar surface area (TPSA) is 251 Å². The molecule has 0 saturated carbocycles. The van der Waals surface area contributed by atoms with Crippen LogP contribution in [0.1, 0.15) is 12.8 Å². The SMILES string of the molecule is NCC(=O)NC(CC(=O)O)C(=O)NC(CC(N)=O)C(=O)NC(CO)C(=O)O. The average molecular weight is 391 g/mol. The molecule has 27 heavy (non-hydrogen) atoms. The van der Waals surface area contributed by atoms with Crippen molar-refractivity contribution in [3.05, 3.63) is 0 Å². The van der Waals surface area contributed by atoms with Gasteiger partial charge in [-0.1, -0.05) is 0 Å². The summed E-state index contributed by atoms with van der Waals surface area (Å²) in [5.74, 6) is -7.21. The number of nitrogens with one attached hydrogen (secondary N) is 3. The van der Waals surface area contributed by atoms with Gasteiger partial charge in [0.2, 0.25) is 23.6 Å². The number of rotatable bonds is 12. The Bertz CT molecular complexity index is 609. The Labute approximate surface area is 152 Å². The van der Waals surface area contributed by atoms with Gasteiger partial charge in [0.25, 0.3) is 0 Å². The fourth-order valence-corrected chi connectivity index (χ4v) is 1.78. The van der Waals surface area contributed by atoms with Crippen LogP contribution in [0.3, 0.4) is 0 Å². The second-order valence-electron chi connectivity index (χ2n) is 5.24. The zero-order valence-corrected chi connectivity index (χ0v) is 14.0. The molecule has 0 heterocycles. The van der Waals surface area contributed by atoms with E-state index in [-0.39, 0.29) is 0 Å². The highest BCUT2D eigenvalue weighted by Crippen LogP contribution is 1.99. The Morgan fingerprint density at radius 2 is 1.30 bits per heavy atom. The van der Waals surface area contributed by atoms with Crippen molar-refractivity contribution in [1.29, 1.82) is 0 Å². The third-order valence-electron chi connectivity index (χ3n) is 3.05. The predicted octanol–water partition coefficient (Wildman–Crippen LogP) is -5.17. The van der Waals surface area contributed by atoms with Crippen molar-refractivity contribution in [2.75, 3.05) is 13.2 Å². The number of amides is 4. The summed E-state index contributed by atoms with van der Waals surface area (Å²) in [5.41, 5.74) is 10.0. The lowest BCUT2D eigenvalue weighted by Crippen LogP contribution is -2.57. The number of carboxylic acids is 2. The molecule has 0 rings (SSSR count). The van der Waals surface area contributed by atoms with E-state index in [9.17, 15) is 28.8 Å². The number of aliphatic hydroxyl groups excluding tert-OH is 1.